The molecule has 2 rings (SSSR count). The molecular weight excluding hydrogens is 228 g/mol. The summed E-state index contributed by atoms with van der Waals surface area (Å²) < 4.78 is 5.33. The van der Waals surface area contributed by atoms with E-state index < -0.39 is 0 Å². The van der Waals surface area contributed by atoms with E-state index >= 15 is 0 Å². The number of hydrogen-bond donors (Lipinski definition) is 2. The Balaban J connectivity index is 1.91. The van der Waals surface area contributed by atoms with E-state index in [0.29, 0.717) is 17.2 Å². The van der Waals surface area contributed by atoms with Crippen LogP contribution in [-0.2, 0) is 4.74 Å². The molecule has 0 spiro atoms. The number of amides is 1. The van der Waals surface area contributed by atoms with Crippen LogP contribution in [0.2, 0.25) is 0 Å². The highest BCUT2D eigenvalue weighted by Gasteiger charge is 2.22. The van der Waals surface area contributed by atoms with E-state index in [1.165, 1.54) is 0 Å². The minimum absolute atomic E-state index is 0.0333. The standard InChI is InChI=1S/C14H20N2O2/c1-10(11-6-8-18-9-7-11)16-14(17)12-2-4-13(15)5-3-12/h2-5,10-11H,6-9,15H2,1H3,(H,16,17). The molecule has 0 radical (unpaired) electrons. The quantitative estimate of drug-likeness (QED) is 0.802. The molecule has 1 aliphatic rings. The van der Waals surface area contributed by atoms with Gasteiger partial charge in [-0.1, -0.05) is 0 Å². The summed E-state index contributed by atoms with van der Waals surface area (Å²) in [6.07, 6.45) is 2.03. The van der Waals surface area contributed by atoms with Crippen molar-refractivity contribution in [1.82, 2.24) is 5.32 Å². The highest BCUT2D eigenvalue weighted by atomic mass is 16.5. The van der Waals surface area contributed by atoms with Crippen molar-refractivity contribution in [3.63, 3.8) is 0 Å². The molecule has 98 valence electrons. The highest BCUT2D eigenvalue weighted by Crippen LogP contribution is 2.18. The van der Waals surface area contributed by atoms with Crippen molar-refractivity contribution >= 4 is 11.6 Å². The zero-order chi connectivity index (χ0) is 13.0. The van der Waals surface area contributed by atoms with Crippen LogP contribution >= 0.6 is 0 Å². The maximum atomic E-state index is 12.0. The van der Waals surface area contributed by atoms with Crippen LogP contribution in [0, 0.1) is 5.92 Å². The zero-order valence-corrected chi connectivity index (χ0v) is 10.7. The van der Waals surface area contributed by atoms with Crippen LogP contribution in [0.1, 0.15) is 30.1 Å². The Labute approximate surface area is 108 Å². The molecule has 0 saturated carbocycles. The summed E-state index contributed by atoms with van der Waals surface area (Å²) in [5, 5.41) is 3.05. The Bertz CT molecular complexity index is 397. The second kappa shape index (κ2) is 5.87. The zero-order valence-electron chi connectivity index (χ0n) is 10.7. The summed E-state index contributed by atoms with van der Waals surface area (Å²) in [6.45, 7) is 3.66. The van der Waals surface area contributed by atoms with E-state index in [2.05, 4.69) is 12.2 Å². The van der Waals surface area contributed by atoms with Gasteiger partial charge >= 0.3 is 0 Å². The van der Waals surface area contributed by atoms with Gasteiger partial charge in [-0.15, -0.1) is 0 Å². The molecule has 0 bridgehead atoms. The number of ether oxygens (including phenoxy) is 1. The third-order valence-corrected chi connectivity index (χ3v) is 3.50. The van der Waals surface area contributed by atoms with E-state index in [9.17, 15) is 4.79 Å². The van der Waals surface area contributed by atoms with E-state index in [4.69, 9.17) is 10.5 Å². The van der Waals surface area contributed by atoms with Gasteiger partial charge in [0.15, 0.2) is 0 Å². The van der Waals surface area contributed by atoms with Crippen LogP contribution in [0.15, 0.2) is 24.3 Å². The van der Waals surface area contributed by atoms with Gasteiger partial charge in [-0.25, -0.2) is 0 Å². The number of benzene rings is 1. The number of nitrogens with one attached hydrogen (secondary N) is 1. The molecule has 1 aliphatic heterocycles. The lowest BCUT2D eigenvalue weighted by Crippen LogP contribution is -2.40. The Kier molecular flexibility index (Phi) is 4.20. The van der Waals surface area contributed by atoms with E-state index in [0.717, 1.165) is 26.1 Å². The number of hydrogen-bond acceptors (Lipinski definition) is 3. The van der Waals surface area contributed by atoms with Crippen LogP contribution in [0.5, 0.6) is 0 Å². The fraction of sp³-hybridized carbons (Fsp3) is 0.500. The van der Waals surface area contributed by atoms with Crippen LogP contribution < -0.4 is 11.1 Å². The molecule has 18 heavy (non-hydrogen) atoms. The minimum Gasteiger partial charge on any atom is -0.399 e. The number of carbonyl (C=O) groups is 1. The Morgan fingerprint density at radius 3 is 2.56 bits per heavy atom. The van der Waals surface area contributed by atoms with Crippen molar-refractivity contribution < 1.29 is 9.53 Å². The fourth-order valence-corrected chi connectivity index (χ4v) is 2.26. The molecule has 1 atom stereocenters. The first-order valence-electron chi connectivity index (χ1n) is 6.41. The maximum absolute atomic E-state index is 12.0. The smallest absolute Gasteiger partial charge is 0.251 e. The number of nitrogen functional groups attached to an aromatic ring is 1. The Morgan fingerprint density at radius 2 is 1.94 bits per heavy atom. The van der Waals surface area contributed by atoms with Crippen LogP contribution in [0.25, 0.3) is 0 Å². The summed E-state index contributed by atoms with van der Waals surface area (Å²) in [5.74, 6) is 0.477. The van der Waals surface area contributed by atoms with Gasteiger partial charge in [0.25, 0.3) is 5.91 Å². The second-order valence-electron chi connectivity index (χ2n) is 4.83. The summed E-state index contributed by atoms with van der Waals surface area (Å²) in [5.41, 5.74) is 6.93. The molecule has 4 heteroatoms. The third-order valence-electron chi connectivity index (χ3n) is 3.50. The Hall–Kier alpha value is -1.55. The molecule has 1 fully saturated rings. The van der Waals surface area contributed by atoms with E-state index in [1.54, 1.807) is 24.3 Å². The highest BCUT2D eigenvalue weighted by molar-refractivity contribution is 5.94. The lowest BCUT2D eigenvalue weighted by atomic mass is 9.93. The van der Waals surface area contributed by atoms with Gasteiger partial charge in [0.2, 0.25) is 0 Å². The molecule has 4 nitrogen and oxygen atoms in total. The van der Waals surface area contributed by atoms with Gasteiger partial charge in [0.1, 0.15) is 0 Å². The first kappa shape index (κ1) is 12.9. The predicted molar refractivity (Wildman–Crippen MR) is 71.3 cm³/mol. The summed E-state index contributed by atoms with van der Waals surface area (Å²) in [7, 11) is 0. The summed E-state index contributed by atoms with van der Waals surface area (Å²) in [6, 6.07) is 7.17. The molecule has 1 aromatic rings. The molecule has 1 saturated heterocycles. The topological polar surface area (TPSA) is 64.4 Å². The van der Waals surface area contributed by atoms with Crippen molar-refractivity contribution in [3.8, 4) is 0 Å². The lowest BCUT2D eigenvalue weighted by Gasteiger charge is -2.28. The normalized spacial score (nSPS) is 18.3. The molecule has 1 unspecified atom stereocenters. The average Bonchev–Trinajstić information content (AvgIpc) is 2.40. The number of rotatable bonds is 3. The van der Waals surface area contributed by atoms with Gasteiger partial charge in [-0.05, 0) is 49.9 Å². The summed E-state index contributed by atoms with van der Waals surface area (Å²) in [4.78, 5) is 12.0. The van der Waals surface area contributed by atoms with Crippen LogP contribution in [0.4, 0.5) is 5.69 Å². The molecule has 1 amide bonds. The molecular formula is C14H20N2O2. The molecule has 0 aromatic heterocycles. The van der Waals surface area contributed by atoms with Gasteiger partial charge in [-0.3, -0.25) is 4.79 Å². The maximum Gasteiger partial charge on any atom is 0.251 e. The van der Waals surface area contributed by atoms with E-state index in [1.807, 2.05) is 0 Å². The monoisotopic (exact) mass is 248 g/mol. The van der Waals surface area contributed by atoms with Crippen molar-refractivity contribution in [2.75, 3.05) is 18.9 Å². The van der Waals surface area contributed by atoms with Crippen LogP contribution in [-0.4, -0.2) is 25.2 Å². The molecule has 3 N–H and O–H groups in total. The first-order valence-corrected chi connectivity index (χ1v) is 6.41. The van der Waals surface area contributed by atoms with Gasteiger partial charge < -0.3 is 15.8 Å². The molecule has 1 aromatic carbocycles. The van der Waals surface area contributed by atoms with Gasteiger partial charge in [-0.2, -0.15) is 0 Å². The van der Waals surface area contributed by atoms with Crippen LogP contribution in [0.3, 0.4) is 0 Å². The van der Waals surface area contributed by atoms with Crippen molar-refractivity contribution in [2.45, 2.75) is 25.8 Å². The predicted octanol–water partition coefficient (Wildman–Crippen LogP) is 1.81. The van der Waals surface area contributed by atoms with Gasteiger partial charge in [0, 0.05) is 30.5 Å². The van der Waals surface area contributed by atoms with Crippen molar-refractivity contribution in [2.24, 2.45) is 5.92 Å². The second-order valence-corrected chi connectivity index (χ2v) is 4.83. The van der Waals surface area contributed by atoms with E-state index in [-0.39, 0.29) is 11.9 Å². The minimum atomic E-state index is -0.0333. The molecule has 0 aliphatic carbocycles. The third kappa shape index (κ3) is 3.23. The van der Waals surface area contributed by atoms with Crippen molar-refractivity contribution in [3.05, 3.63) is 29.8 Å². The van der Waals surface area contributed by atoms with Gasteiger partial charge in [0.05, 0.1) is 0 Å². The first-order chi connectivity index (χ1) is 8.66. The largest absolute Gasteiger partial charge is 0.399 e. The van der Waals surface area contributed by atoms with Crippen molar-refractivity contribution in [1.29, 1.82) is 0 Å². The average molecular weight is 248 g/mol. The number of nitrogens with two attached hydrogens (primary N) is 1. The molecule has 1 heterocycles. The lowest BCUT2D eigenvalue weighted by molar-refractivity contribution is 0.0538. The Morgan fingerprint density at radius 1 is 1.33 bits per heavy atom. The SMILES string of the molecule is CC(NC(=O)c1ccc(N)cc1)C1CCOCC1. The number of carbonyl (C=O) groups excluding carboxylic acids is 1. The fourth-order valence-electron chi connectivity index (χ4n) is 2.26. The summed E-state index contributed by atoms with van der Waals surface area (Å²) >= 11 is 0. The number of anilines is 1.